The summed E-state index contributed by atoms with van der Waals surface area (Å²) >= 11 is 0. The molecule has 0 unspecified atom stereocenters. The Kier molecular flexibility index (Phi) is 11.6. The van der Waals surface area contributed by atoms with Gasteiger partial charge in [0, 0.05) is 6.54 Å². The van der Waals surface area contributed by atoms with E-state index in [0.29, 0.717) is 0 Å². The second-order valence-electron chi connectivity index (χ2n) is 3.77. The number of primary amides is 1. The molecule has 0 saturated heterocycles. The Bertz CT molecular complexity index is 373. The van der Waals surface area contributed by atoms with Gasteiger partial charge in [-0.1, -0.05) is 0 Å². The lowest BCUT2D eigenvalue weighted by Crippen LogP contribution is -2.43. The van der Waals surface area contributed by atoms with Gasteiger partial charge in [-0.15, -0.1) is 0 Å². The Morgan fingerprint density at radius 1 is 1.00 bits per heavy atom. The summed E-state index contributed by atoms with van der Waals surface area (Å²) in [6.45, 7) is -0.00964. The van der Waals surface area contributed by atoms with Crippen molar-refractivity contribution >= 4 is 23.8 Å². The highest BCUT2D eigenvalue weighted by Crippen LogP contribution is 1.90. The summed E-state index contributed by atoms with van der Waals surface area (Å²) in [5, 5.41) is 35.2. The van der Waals surface area contributed by atoms with Crippen molar-refractivity contribution in [2.24, 2.45) is 11.5 Å². The fourth-order valence-corrected chi connectivity index (χ4v) is 0.962. The van der Waals surface area contributed by atoms with Gasteiger partial charge < -0.3 is 37.2 Å². The Morgan fingerprint density at radius 3 is 1.71 bits per heavy atom. The van der Waals surface area contributed by atoms with E-state index in [1.807, 2.05) is 0 Å². The van der Waals surface area contributed by atoms with Crippen LogP contribution in [0.2, 0.25) is 0 Å². The van der Waals surface area contributed by atoms with E-state index in [4.69, 9.17) is 31.9 Å². The molecule has 11 heteroatoms. The molecule has 2 atom stereocenters. The minimum Gasteiger partial charge on any atom is -0.481 e. The lowest BCUT2D eigenvalue weighted by molar-refractivity contribution is -0.144. The topological polar surface area (TPSA) is 213 Å². The van der Waals surface area contributed by atoms with Crippen LogP contribution in [-0.4, -0.2) is 69.5 Å². The van der Waals surface area contributed by atoms with Crippen LogP contribution in [0.25, 0.3) is 0 Å². The van der Waals surface area contributed by atoms with Crippen LogP contribution in [-0.2, 0) is 19.2 Å². The molecule has 0 heterocycles. The number of carboxylic acid groups (broad SMARTS) is 3. The number of hydrogen-bond acceptors (Lipinski definition) is 7. The first-order valence-electron chi connectivity index (χ1n) is 5.67. The number of amides is 1. The molecule has 9 N–H and O–H groups in total. The molecular formula is C10H19N3O8. The molecule has 0 spiro atoms. The third-order valence-electron chi connectivity index (χ3n) is 1.94. The lowest BCUT2D eigenvalue weighted by Gasteiger charge is -2.11. The fraction of sp³-hybridized carbons (Fsp3) is 0.600. The number of rotatable bonds is 9. The van der Waals surface area contributed by atoms with Gasteiger partial charge in [-0.3, -0.25) is 19.2 Å². The molecule has 0 rings (SSSR count). The molecule has 1 amide bonds. The van der Waals surface area contributed by atoms with Gasteiger partial charge >= 0.3 is 17.9 Å². The molecule has 0 saturated carbocycles. The summed E-state index contributed by atoms with van der Waals surface area (Å²) in [5.41, 5.74) is 9.72. The average Bonchev–Trinajstić information content (AvgIpc) is 2.33. The fourth-order valence-electron chi connectivity index (χ4n) is 0.962. The molecular weight excluding hydrogens is 290 g/mol. The highest BCUT2D eigenvalue weighted by atomic mass is 16.4. The van der Waals surface area contributed by atoms with Crippen molar-refractivity contribution in [1.29, 1.82) is 0 Å². The lowest BCUT2D eigenvalue weighted by atomic mass is 10.2. The highest BCUT2D eigenvalue weighted by molar-refractivity contribution is 5.84. The van der Waals surface area contributed by atoms with E-state index < -0.39 is 42.3 Å². The Balaban J connectivity index is 0. The smallest absolute Gasteiger partial charge is 0.321 e. The van der Waals surface area contributed by atoms with Crippen molar-refractivity contribution in [3.05, 3.63) is 0 Å². The number of nitrogens with one attached hydrogen (secondary N) is 1. The Hall–Kier alpha value is -2.24. The van der Waals surface area contributed by atoms with E-state index in [1.54, 1.807) is 0 Å². The number of hydrogen-bond donors (Lipinski definition) is 7. The molecule has 0 aromatic rings. The van der Waals surface area contributed by atoms with Gasteiger partial charge in [0.1, 0.15) is 6.04 Å². The van der Waals surface area contributed by atoms with Crippen molar-refractivity contribution in [3.8, 4) is 0 Å². The van der Waals surface area contributed by atoms with E-state index >= 15 is 0 Å². The number of nitrogens with two attached hydrogens (primary N) is 2. The van der Waals surface area contributed by atoms with Gasteiger partial charge in [-0.2, -0.15) is 0 Å². The molecule has 0 fully saturated rings. The van der Waals surface area contributed by atoms with Crippen molar-refractivity contribution in [1.82, 2.24) is 5.32 Å². The van der Waals surface area contributed by atoms with Gasteiger partial charge in [0.15, 0.2) is 0 Å². The van der Waals surface area contributed by atoms with Crippen LogP contribution in [0.3, 0.4) is 0 Å². The summed E-state index contributed by atoms with van der Waals surface area (Å²) in [4.78, 5) is 40.3. The molecule has 0 aromatic heterocycles. The Morgan fingerprint density at radius 2 is 1.48 bits per heavy atom. The van der Waals surface area contributed by atoms with Crippen molar-refractivity contribution < 1.29 is 39.6 Å². The first-order valence-corrected chi connectivity index (χ1v) is 5.67. The zero-order valence-electron chi connectivity index (χ0n) is 11.1. The third kappa shape index (κ3) is 14.0. The van der Waals surface area contributed by atoms with Gasteiger partial charge in [-0.25, -0.2) is 0 Å². The van der Waals surface area contributed by atoms with E-state index in [1.165, 1.54) is 0 Å². The van der Waals surface area contributed by atoms with Gasteiger partial charge in [0.25, 0.3) is 0 Å². The summed E-state index contributed by atoms with van der Waals surface area (Å²) in [7, 11) is 0. The third-order valence-corrected chi connectivity index (χ3v) is 1.94. The average molecular weight is 309 g/mol. The largest absolute Gasteiger partial charge is 0.481 e. The second-order valence-corrected chi connectivity index (χ2v) is 3.77. The Labute approximate surface area is 119 Å². The maximum Gasteiger partial charge on any atom is 0.321 e. The predicted octanol–water partition coefficient (Wildman–Crippen LogP) is -3.23. The van der Waals surface area contributed by atoms with E-state index in [-0.39, 0.29) is 19.6 Å². The molecule has 0 bridgehead atoms. The van der Waals surface area contributed by atoms with Crippen molar-refractivity contribution in [2.45, 2.75) is 24.9 Å². The normalized spacial score (nSPS) is 12.5. The van der Waals surface area contributed by atoms with Gasteiger partial charge in [-0.05, 0) is 0 Å². The van der Waals surface area contributed by atoms with Gasteiger partial charge in [0.05, 0.1) is 25.5 Å². The maximum atomic E-state index is 10.6. The summed E-state index contributed by atoms with van der Waals surface area (Å²) in [6, 6.07) is -2.20. The van der Waals surface area contributed by atoms with E-state index in [9.17, 15) is 19.2 Å². The molecule has 122 valence electrons. The molecule has 21 heavy (non-hydrogen) atoms. The SMILES string of the molecule is NC(=O)[C@H](CC(=O)O)NCCO.N[C@@H](CC(=O)O)C(=O)O. The molecule has 11 nitrogen and oxygen atoms in total. The van der Waals surface area contributed by atoms with Crippen LogP contribution in [0.5, 0.6) is 0 Å². The maximum absolute atomic E-state index is 10.6. The molecule has 0 aliphatic carbocycles. The molecule has 0 radical (unpaired) electrons. The predicted molar refractivity (Wildman–Crippen MR) is 68.2 cm³/mol. The van der Waals surface area contributed by atoms with Crippen molar-refractivity contribution in [3.63, 3.8) is 0 Å². The molecule has 0 aromatic carbocycles. The van der Waals surface area contributed by atoms with Crippen LogP contribution >= 0.6 is 0 Å². The van der Waals surface area contributed by atoms with Gasteiger partial charge in [0.2, 0.25) is 5.91 Å². The zero-order valence-corrected chi connectivity index (χ0v) is 11.1. The molecule has 0 aliphatic rings. The number of aliphatic hydroxyl groups is 1. The summed E-state index contributed by atoms with van der Waals surface area (Å²) in [6.07, 6.45) is -0.898. The first kappa shape index (κ1) is 21.1. The number of carbonyl (C=O) groups excluding carboxylic acids is 1. The van der Waals surface area contributed by atoms with Crippen LogP contribution in [0.1, 0.15) is 12.8 Å². The van der Waals surface area contributed by atoms with Crippen LogP contribution in [0.15, 0.2) is 0 Å². The van der Waals surface area contributed by atoms with Crippen LogP contribution < -0.4 is 16.8 Å². The highest BCUT2D eigenvalue weighted by Gasteiger charge is 2.17. The first-order chi connectivity index (χ1) is 9.61. The minimum absolute atomic E-state index is 0.154. The number of aliphatic carboxylic acids is 3. The standard InChI is InChI=1S/C6H12N2O4.C4H7NO4/c7-6(12)4(3-5(10)11)8-1-2-9;5-2(4(8)9)1-3(6)7/h4,8-9H,1-3H2,(H2,7,12)(H,10,11);2H,1,5H2,(H,6,7)(H,8,9)/t4-;2-/m00/s1. The second kappa shape index (κ2) is 11.6. The van der Waals surface area contributed by atoms with E-state index in [0.717, 1.165) is 0 Å². The van der Waals surface area contributed by atoms with Crippen LogP contribution in [0.4, 0.5) is 0 Å². The van der Waals surface area contributed by atoms with E-state index in [2.05, 4.69) is 5.32 Å². The van der Waals surface area contributed by atoms with Crippen LogP contribution in [0, 0.1) is 0 Å². The number of aliphatic hydroxyl groups excluding tert-OH is 1. The number of carboxylic acids is 3. The number of carbonyl (C=O) groups is 4. The minimum atomic E-state index is -1.29. The van der Waals surface area contributed by atoms with Crippen molar-refractivity contribution in [2.75, 3.05) is 13.2 Å². The molecule has 0 aliphatic heterocycles. The summed E-state index contributed by atoms with van der Waals surface area (Å²) in [5.74, 6) is -4.34. The monoisotopic (exact) mass is 309 g/mol. The zero-order chi connectivity index (χ0) is 17.0. The quantitative estimate of drug-likeness (QED) is 0.226. The summed E-state index contributed by atoms with van der Waals surface area (Å²) < 4.78 is 0.